The first kappa shape index (κ1) is 20.9. The molecule has 1 aromatic heterocycles. The monoisotopic (exact) mass is 385 g/mol. The Hall–Kier alpha value is -1.38. The summed E-state index contributed by atoms with van der Waals surface area (Å²) in [5.74, 6) is 0.558. The molecule has 0 aromatic carbocycles. The highest BCUT2D eigenvalue weighted by Gasteiger charge is 2.30. The van der Waals surface area contributed by atoms with Crippen LogP contribution in [0.25, 0.3) is 0 Å². The molecule has 2 heterocycles. The molecule has 0 radical (unpaired) electrons. The van der Waals surface area contributed by atoms with Crippen LogP contribution in [0.2, 0.25) is 0 Å². The molecule has 2 rings (SSSR count). The van der Waals surface area contributed by atoms with Gasteiger partial charge in [0.15, 0.2) is 0 Å². The van der Waals surface area contributed by atoms with E-state index in [1.54, 1.807) is 11.6 Å². The highest BCUT2D eigenvalue weighted by atomic mass is 32.2. The van der Waals surface area contributed by atoms with Crippen molar-refractivity contribution in [2.45, 2.75) is 32.6 Å². The Morgan fingerprint density at radius 1 is 1.15 bits per heavy atom. The van der Waals surface area contributed by atoms with E-state index in [0.717, 1.165) is 0 Å². The number of sulfonamides is 1. The van der Waals surface area contributed by atoms with E-state index in [-0.39, 0.29) is 10.8 Å². The number of carbonyl (C=O) groups excluding carboxylic acids is 1. The van der Waals surface area contributed by atoms with Gasteiger partial charge in [0.25, 0.3) is 5.91 Å². The lowest BCUT2D eigenvalue weighted by Crippen LogP contribution is -2.40. The fraction of sp³-hybridized carbons (Fsp3) is 0.722. The minimum atomic E-state index is -3.61. The summed E-state index contributed by atoms with van der Waals surface area (Å²) in [5, 5.41) is 0. The molecule has 7 nitrogen and oxygen atoms in total. The quantitative estimate of drug-likeness (QED) is 0.717. The van der Waals surface area contributed by atoms with Crippen molar-refractivity contribution < 1.29 is 17.9 Å². The summed E-state index contributed by atoms with van der Waals surface area (Å²) >= 11 is 0. The van der Waals surface area contributed by atoms with Crippen LogP contribution in [0.4, 0.5) is 0 Å². The number of aromatic nitrogens is 1. The third-order valence-electron chi connectivity index (χ3n) is 4.27. The number of rotatable bonds is 7. The van der Waals surface area contributed by atoms with Gasteiger partial charge < -0.3 is 14.2 Å². The summed E-state index contributed by atoms with van der Waals surface area (Å²) in [5.41, 5.74) is 0.401. The number of aryl methyl sites for hydroxylation is 1. The summed E-state index contributed by atoms with van der Waals surface area (Å²) in [6.45, 7) is 11.0. The lowest BCUT2D eigenvalue weighted by Gasteiger charge is -2.26. The number of hydrogen-bond donors (Lipinski definition) is 0. The van der Waals surface area contributed by atoms with Crippen molar-refractivity contribution in [3.8, 4) is 0 Å². The summed E-state index contributed by atoms with van der Waals surface area (Å²) in [7, 11) is -1.89. The van der Waals surface area contributed by atoms with E-state index >= 15 is 0 Å². The van der Waals surface area contributed by atoms with Crippen molar-refractivity contribution in [3.63, 3.8) is 0 Å². The maximum atomic E-state index is 13.0. The topological polar surface area (TPSA) is 71.8 Å². The van der Waals surface area contributed by atoms with Gasteiger partial charge in [-0.1, -0.05) is 27.7 Å². The Kier molecular flexibility index (Phi) is 6.87. The first-order valence-electron chi connectivity index (χ1n) is 9.16. The zero-order valence-electron chi connectivity index (χ0n) is 16.4. The third kappa shape index (κ3) is 4.86. The predicted octanol–water partition coefficient (Wildman–Crippen LogP) is 1.80. The molecule has 8 heteroatoms. The van der Waals surface area contributed by atoms with Gasteiger partial charge in [-0.05, 0) is 17.9 Å². The molecule has 0 N–H and O–H groups in total. The fourth-order valence-corrected chi connectivity index (χ4v) is 4.59. The molecule has 148 valence electrons. The minimum absolute atomic E-state index is 0.127. The molecule has 26 heavy (non-hydrogen) atoms. The zero-order valence-corrected chi connectivity index (χ0v) is 17.3. The van der Waals surface area contributed by atoms with Crippen molar-refractivity contribution in [3.05, 3.63) is 18.0 Å². The van der Waals surface area contributed by atoms with Crippen LogP contribution in [0.3, 0.4) is 0 Å². The number of ether oxygens (including phenoxy) is 1. The zero-order chi connectivity index (χ0) is 19.5. The molecule has 0 spiro atoms. The van der Waals surface area contributed by atoms with Gasteiger partial charge in [-0.2, -0.15) is 4.31 Å². The Balaban J connectivity index is 2.28. The predicted molar refractivity (Wildman–Crippen MR) is 101 cm³/mol. The second-order valence-electron chi connectivity index (χ2n) is 7.69. The first-order valence-corrected chi connectivity index (χ1v) is 10.6. The van der Waals surface area contributed by atoms with Gasteiger partial charge in [-0.3, -0.25) is 4.79 Å². The second kappa shape index (κ2) is 8.54. The fourth-order valence-electron chi connectivity index (χ4n) is 3.11. The van der Waals surface area contributed by atoms with E-state index in [2.05, 4.69) is 27.7 Å². The van der Waals surface area contributed by atoms with Crippen LogP contribution in [0.5, 0.6) is 0 Å². The highest BCUT2D eigenvalue weighted by Crippen LogP contribution is 2.21. The number of nitrogens with zero attached hydrogens (tertiary/aromatic N) is 3. The SMILES string of the molecule is CC(C)CN(CC(C)C)C(=O)c1cc(S(=O)(=O)N2CCOCC2)cn1C. The Morgan fingerprint density at radius 3 is 2.19 bits per heavy atom. The average molecular weight is 386 g/mol. The molecular formula is C18H31N3O4S. The van der Waals surface area contributed by atoms with Gasteiger partial charge in [0.05, 0.1) is 13.2 Å². The summed E-state index contributed by atoms with van der Waals surface area (Å²) in [6, 6.07) is 1.50. The average Bonchev–Trinajstić information content (AvgIpc) is 2.96. The molecule has 1 amide bonds. The van der Waals surface area contributed by atoms with Crippen LogP contribution in [-0.2, 0) is 21.8 Å². The van der Waals surface area contributed by atoms with Gasteiger partial charge in [-0.25, -0.2) is 8.42 Å². The Morgan fingerprint density at radius 2 is 1.69 bits per heavy atom. The van der Waals surface area contributed by atoms with Gasteiger partial charge in [0, 0.05) is 39.4 Å². The van der Waals surface area contributed by atoms with E-state index in [0.29, 0.717) is 56.9 Å². The molecular weight excluding hydrogens is 354 g/mol. The molecule has 1 aliphatic heterocycles. The van der Waals surface area contributed by atoms with Crippen LogP contribution in [0.1, 0.15) is 38.2 Å². The summed E-state index contributed by atoms with van der Waals surface area (Å²) in [4.78, 5) is 15.0. The standard InChI is InChI=1S/C18H31N3O4S/c1-14(2)11-20(12-15(3)4)18(22)17-10-16(13-19(17)5)26(23,24)21-6-8-25-9-7-21/h10,13-15H,6-9,11-12H2,1-5H3. The molecule has 1 aromatic rings. The highest BCUT2D eigenvalue weighted by molar-refractivity contribution is 7.89. The van der Waals surface area contributed by atoms with Crippen molar-refractivity contribution in [1.29, 1.82) is 0 Å². The van der Waals surface area contributed by atoms with Gasteiger partial charge in [0.1, 0.15) is 10.6 Å². The molecule has 0 saturated carbocycles. The third-order valence-corrected chi connectivity index (χ3v) is 6.13. The van der Waals surface area contributed by atoms with Crippen molar-refractivity contribution >= 4 is 15.9 Å². The van der Waals surface area contributed by atoms with E-state index in [9.17, 15) is 13.2 Å². The van der Waals surface area contributed by atoms with Gasteiger partial charge in [0.2, 0.25) is 10.0 Å². The van der Waals surface area contributed by atoms with E-state index in [1.807, 2.05) is 4.90 Å². The molecule has 1 fully saturated rings. The van der Waals surface area contributed by atoms with Crippen molar-refractivity contribution in [1.82, 2.24) is 13.8 Å². The molecule has 0 bridgehead atoms. The number of hydrogen-bond acceptors (Lipinski definition) is 4. The molecule has 1 aliphatic rings. The van der Waals surface area contributed by atoms with Crippen LogP contribution in [0, 0.1) is 11.8 Å². The Labute approximate surface area is 157 Å². The largest absolute Gasteiger partial charge is 0.379 e. The van der Waals surface area contributed by atoms with Crippen LogP contribution in [0.15, 0.2) is 17.2 Å². The molecule has 0 unspecified atom stereocenters. The van der Waals surface area contributed by atoms with E-state index in [4.69, 9.17) is 4.74 Å². The lowest BCUT2D eigenvalue weighted by molar-refractivity contribution is 0.0705. The minimum Gasteiger partial charge on any atom is -0.379 e. The smallest absolute Gasteiger partial charge is 0.270 e. The number of morpholine rings is 1. The van der Waals surface area contributed by atoms with Crippen LogP contribution >= 0.6 is 0 Å². The first-order chi connectivity index (χ1) is 12.1. The number of amides is 1. The Bertz CT molecular complexity index is 709. The van der Waals surface area contributed by atoms with Crippen LogP contribution in [-0.4, -0.2) is 67.5 Å². The summed E-state index contributed by atoms with van der Waals surface area (Å²) < 4.78 is 33.9. The van der Waals surface area contributed by atoms with Crippen molar-refractivity contribution in [2.24, 2.45) is 18.9 Å². The molecule has 0 atom stereocenters. The molecule has 1 saturated heterocycles. The van der Waals surface area contributed by atoms with Crippen LogP contribution < -0.4 is 0 Å². The molecule has 0 aliphatic carbocycles. The van der Waals surface area contributed by atoms with E-state index < -0.39 is 10.0 Å². The van der Waals surface area contributed by atoms with Gasteiger partial charge >= 0.3 is 0 Å². The maximum absolute atomic E-state index is 13.0. The number of carbonyl (C=O) groups is 1. The normalized spacial score (nSPS) is 16.4. The van der Waals surface area contributed by atoms with Gasteiger partial charge in [-0.15, -0.1) is 0 Å². The lowest BCUT2D eigenvalue weighted by atomic mass is 10.1. The second-order valence-corrected chi connectivity index (χ2v) is 9.62. The van der Waals surface area contributed by atoms with Crippen molar-refractivity contribution in [2.75, 3.05) is 39.4 Å². The maximum Gasteiger partial charge on any atom is 0.270 e. The van der Waals surface area contributed by atoms with E-state index in [1.165, 1.54) is 16.6 Å². The summed E-state index contributed by atoms with van der Waals surface area (Å²) in [6.07, 6.45) is 1.53.